The van der Waals surface area contributed by atoms with Gasteiger partial charge in [-0.15, -0.1) is 0 Å². The Labute approximate surface area is 119 Å². The summed E-state index contributed by atoms with van der Waals surface area (Å²) in [5.41, 5.74) is 1.14. The predicted octanol–water partition coefficient (Wildman–Crippen LogP) is 2.08. The number of aryl methyl sites for hydroxylation is 1. The molecule has 2 aliphatic heterocycles. The smallest absolute Gasteiger partial charge is 0.308 e. The molecule has 5 nitrogen and oxygen atoms in total. The highest BCUT2D eigenvalue weighted by molar-refractivity contribution is 5.70. The van der Waals surface area contributed by atoms with Crippen LogP contribution >= 0.6 is 0 Å². The number of carbonyl (C=O) groups is 1. The Balaban J connectivity index is 1.82. The molecule has 0 saturated carbocycles. The second-order valence-corrected chi connectivity index (χ2v) is 6.30. The van der Waals surface area contributed by atoms with Gasteiger partial charge in [0.15, 0.2) is 0 Å². The van der Waals surface area contributed by atoms with Crippen molar-refractivity contribution in [1.29, 1.82) is 0 Å². The molecule has 5 heteroatoms. The van der Waals surface area contributed by atoms with Gasteiger partial charge in [0.1, 0.15) is 5.82 Å². The van der Waals surface area contributed by atoms with Crippen molar-refractivity contribution in [2.24, 2.45) is 5.92 Å². The maximum Gasteiger partial charge on any atom is 0.308 e. The summed E-state index contributed by atoms with van der Waals surface area (Å²) in [6.07, 6.45) is 5.98. The van der Waals surface area contributed by atoms with Crippen molar-refractivity contribution < 1.29 is 9.90 Å². The number of hydrogen-bond donors (Lipinski definition) is 1. The lowest BCUT2D eigenvalue weighted by Crippen LogP contribution is -2.30. The Hall–Kier alpha value is -1.36. The van der Waals surface area contributed by atoms with E-state index >= 15 is 0 Å². The first-order chi connectivity index (χ1) is 9.56. The van der Waals surface area contributed by atoms with Crippen molar-refractivity contribution in [2.75, 3.05) is 6.54 Å². The minimum atomic E-state index is -0.685. The Morgan fingerprint density at radius 2 is 2.25 bits per heavy atom. The number of aromatic nitrogens is 2. The zero-order chi connectivity index (χ0) is 14.3. The summed E-state index contributed by atoms with van der Waals surface area (Å²) in [5.74, 6) is 0.123. The van der Waals surface area contributed by atoms with Crippen LogP contribution in [-0.4, -0.2) is 38.1 Å². The van der Waals surface area contributed by atoms with Crippen LogP contribution in [-0.2, 0) is 17.8 Å². The lowest BCUT2D eigenvalue weighted by atomic mass is 10.00. The van der Waals surface area contributed by atoms with Gasteiger partial charge in [0, 0.05) is 25.2 Å². The number of fused-ring (bicyclic) bond motifs is 1. The van der Waals surface area contributed by atoms with E-state index in [0.29, 0.717) is 25.0 Å². The fraction of sp³-hybridized carbons (Fsp3) is 0.733. The highest BCUT2D eigenvalue weighted by atomic mass is 16.4. The van der Waals surface area contributed by atoms with Crippen LogP contribution < -0.4 is 0 Å². The summed E-state index contributed by atoms with van der Waals surface area (Å²) >= 11 is 0. The molecule has 0 aromatic carbocycles. The molecule has 1 aromatic rings. The second-order valence-electron chi connectivity index (χ2n) is 6.30. The summed E-state index contributed by atoms with van der Waals surface area (Å²) in [6, 6.07) is 0.948. The molecule has 1 aromatic heterocycles. The third-order valence-electron chi connectivity index (χ3n) is 4.66. The van der Waals surface area contributed by atoms with Crippen LogP contribution in [0.5, 0.6) is 0 Å². The molecule has 0 amide bonds. The molecule has 0 spiro atoms. The van der Waals surface area contributed by atoms with Crippen LogP contribution in [0.25, 0.3) is 0 Å². The van der Waals surface area contributed by atoms with Gasteiger partial charge in [-0.3, -0.25) is 9.69 Å². The lowest BCUT2D eigenvalue weighted by molar-refractivity contribution is -0.142. The number of carboxylic acids is 1. The highest BCUT2D eigenvalue weighted by Crippen LogP contribution is 2.34. The molecule has 2 aliphatic rings. The average molecular weight is 277 g/mol. The van der Waals surface area contributed by atoms with Crippen molar-refractivity contribution in [3.63, 3.8) is 0 Å². The zero-order valence-corrected chi connectivity index (χ0v) is 12.2. The van der Waals surface area contributed by atoms with Gasteiger partial charge < -0.3 is 9.67 Å². The first kappa shape index (κ1) is 13.6. The van der Waals surface area contributed by atoms with E-state index in [1.54, 1.807) is 0 Å². The summed E-state index contributed by atoms with van der Waals surface area (Å²) < 4.78 is 2.06. The van der Waals surface area contributed by atoms with E-state index in [0.717, 1.165) is 30.9 Å². The van der Waals surface area contributed by atoms with Crippen LogP contribution in [0.2, 0.25) is 0 Å². The molecule has 1 saturated heterocycles. The molecule has 0 aliphatic carbocycles. The van der Waals surface area contributed by atoms with Crippen molar-refractivity contribution >= 4 is 5.97 Å². The average Bonchev–Trinajstić information content (AvgIpc) is 3.03. The van der Waals surface area contributed by atoms with Gasteiger partial charge in [-0.25, -0.2) is 4.98 Å². The molecule has 0 radical (unpaired) electrons. The molecule has 20 heavy (non-hydrogen) atoms. The fourth-order valence-corrected chi connectivity index (χ4v) is 3.55. The van der Waals surface area contributed by atoms with Gasteiger partial charge in [-0.05, 0) is 39.7 Å². The van der Waals surface area contributed by atoms with Gasteiger partial charge in [-0.2, -0.15) is 0 Å². The van der Waals surface area contributed by atoms with Crippen LogP contribution in [0.4, 0.5) is 0 Å². The van der Waals surface area contributed by atoms with Crippen LogP contribution in [0, 0.1) is 5.92 Å². The molecule has 3 rings (SSSR count). The molecule has 1 N–H and O–H groups in total. The Morgan fingerprint density at radius 1 is 1.45 bits per heavy atom. The molecule has 2 atom stereocenters. The van der Waals surface area contributed by atoms with Gasteiger partial charge >= 0.3 is 5.97 Å². The van der Waals surface area contributed by atoms with E-state index in [2.05, 4.69) is 29.5 Å². The predicted molar refractivity (Wildman–Crippen MR) is 75.5 cm³/mol. The minimum Gasteiger partial charge on any atom is -0.481 e. The molecule has 2 unspecified atom stereocenters. The van der Waals surface area contributed by atoms with E-state index < -0.39 is 5.97 Å². The largest absolute Gasteiger partial charge is 0.481 e. The molecular weight excluding hydrogens is 254 g/mol. The van der Waals surface area contributed by atoms with Gasteiger partial charge in [0.25, 0.3) is 0 Å². The number of carboxylic acid groups (broad SMARTS) is 1. The maximum absolute atomic E-state index is 11.1. The van der Waals surface area contributed by atoms with Crippen molar-refractivity contribution in [3.05, 3.63) is 17.7 Å². The SMILES string of the molecule is CC(C)N1CCCC1c1cn2c(n1)CCC(C(=O)O)C2. The third-order valence-corrected chi connectivity index (χ3v) is 4.66. The number of nitrogens with zero attached hydrogens (tertiary/aromatic N) is 3. The first-order valence-corrected chi connectivity index (χ1v) is 7.60. The number of hydrogen-bond acceptors (Lipinski definition) is 3. The van der Waals surface area contributed by atoms with Gasteiger partial charge in [0.2, 0.25) is 0 Å². The lowest BCUT2D eigenvalue weighted by Gasteiger charge is -2.26. The van der Waals surface area contributed by atoms with Gasteiger partial charge in [0.05, 0.1) is 17.7 Å². The Morgan fingerprint density at radius 3 is 2.95 bits per heavy atom. The number of imidazole rings is 1. The fourth-order valence-electron chi connectivity index (χ4n) is 3.55. The van der Waals surface area contributed by atoms with E-state index in [1.807, 2.05) is 0 Å². The van der Waals surface area contributed by atoms with Gasteiger partial charge in [-0.1, -0.05) is 0 Å². The normalized spacial score (nSPS) is 26.9. The molecule has 1 fully saturated rings. The summed E-state index contributed by atoms with van der Waals surface area (Å²) in [7, 11) is 0. The van der Waals surface area contributed by atoms with E-state index in [-0.39, 0.29) is 5.92 Å². The first-order valence-electron chi connectivity index (χ1n) is 7.60. The van der Waals surface area contributed by atoms with Crippen LogP contribution in [0.15, 0.2) is 6.20 Å². The van der Waals surface area contributed by atoms with E-state index in [4.69, 9.17) is 10.1 Å². The number of aliphatic carboxylic acids is 1. The Bertz CT molecular complexity index is 509. The number of rotatable bonds is 3. The monoisotopic (exact) mass is 277 g/mol. The number of likely N-dealkylation sites (tertiary alicyclic amines) is 1. The van der Waals surface area contributed by atoms with Crippen LogP contribution in [0.3, 0.4) is 0 Å². The third kappa shape index (κ3) is 2.35. The molecule has 0 bridgehead atoms. The molecule has 3 heterocycles. The van der Waals surface area contributed by atoms with Crippen molar-refractivity contribution in [1.82, 2.24) is 14.5 Å². The van der Waals surface area contributed by atoms with Crippen molar-refractivity contribution in [3.8, 4) is 0 Å². The molecule has 110 valence electrons. The topological polar surface area (TPSA) is 58.4 Å². The summed E-state index contributed by atoms with van der Waals surface area (Å²) in [4.78, 5) is 18.4. The minimum absolute atomic E-state index is 0.255. The Kier molecular flexibility index (Phi) is 3.54. The van der Waals surface area contributed by atoms with Crippen molar-refractivity contribution in [2.45, 2.75) is 58.2 Å². The standard InChI is InChI=1S/C15H23N3O2/c1-10(2)18-7-3-4-13(18)12-9-17-8-11(15(19)20)5-6-14(17)16-12/h9-11,13H,3-8H2,1-2H3,(H,19,20). The van der Waals surface area contributed by atoms with E-state index in [9.17, 15) is 4.79 Å². The maximum atomic E-state index is 11.1. The summed E-state index contributed by atoms with van der Waals surface area (Å²) in [5, 5.41) is 9.16. The molecular formula is C15H23N3O2. The van der Waals surface area contributed by atoms with Crippen LogP contribution in [0.1, 0.15) is 50.7 Å². The highest BCUT2D eigenvalue weighted by Gasteiger charge is 2.32. The van der Waals surface area contributed by atoms with E-state index in [1.165, 1.54) is 6.42 Å². The summed E-state index contributed by atoms with van der Waals surface area (Å²) in [6.45, 7) is 6.18. The zero-order valence-electron chi connectivity index (χ0n) is 12.2. The second kappa shape index (κ2) is 5.20. The quantitative estimate of drug-likeness (QED) is 0.919.